The minimum Gasteiger partial charge on any atom is -0.494 e. The van der Waals surface area contributed by atoms with Gasteiger partial charge in [-0.2, -0.15) is 0 Å². The van der Waals surface area contributed by atoms with Crippen LogP contribution in [-0.4, -0.2) is 37.0 Å². The van der Waals surface area contributed by atoms with Crippen molar-refractivity contribution in [2.24, 2.45) is 5.92 Å². The number of nitrogens with one attached hydrogen (secondary N) is 1. The normalized spacial score (nSPS) is 21.9. The summed E-state index contributed by atoms with van der Waals surface area (Å²) in [4.78, 5) is 14.3. The van der Waals surface area contributed by atoms with Crippen molar-refractivity contribution in [1.82, 2.24) is 10.2 Å². The van der Waals surface area contributed by atoms with Gasteiger partial charge in [-0.3, -0.25) is 4.79 Å². The van der Waals surface area contributed by atoms with Crippen LogP contribution in [0.1, 0.15) is 32.3 Å². The maximum absolute atomic E-state index is 12.5. The summed E-state index contributed by atoms with van der Waals surface area (Å²) >= 11 is 0. The fraction of sp³-hybridized carbons (Fsp3) is 0.588. The number of nitrogens with zero attached hydrogens (tertiary/aromatic N) is 1. The maximum Gasteiger partial charge on any atom is 0.225 e. The van der Waals surface area contributed by atoms with Crippen LogP contribution in [0.3, 0.4) is 0 Å². The molecule has 4 nitrogen and oxygen atoms in total. The van der Waals surface area contributed by atoms with Crippen LogP contribution in [0.4, 0.5) is 0 Å². The summed E-state index contributed by atoms with van der Waals surface area (Å²) in [5.41, 5.74) is 1.14. The predicted molar refractivity (Wildman–Crippen MR) is 84.3 cm³/mol. The SMILES string of the molecule is CCOc1ccc(CN(C)C(=O)C2CCNC(C)C2)cc1. The van der Waals surface area contributed by atoms with Crippen molar-refractivity contribution in [3.8, 4) is 5.75 Å². The molecule has 1 fully saturated rings. The van der Waals surface area contributed by atoms with Crippen LogP contribution in [-0.2, 0) is 11.3 Å². The zero-order chi connectivity index (χ0) is 15.2. The second-order valence-corrected chi connectivity index (χ2v) is 5.85. The molecule has 1 aromatic rings. The zero-order valence-electron chi connectivity index (χ0n) is 13.3. The van der Waals surface area contributed by atoms with E-state index in [9.17, 15) is 4.79 Å². The van der Waals surface area contributed by atoms with Crippen molar-refractivity contribution >= 4 is 5.91 Å². The summed E-state index contributed by atoms with van der Waals surface area (Å²) in [6.45, 7) is 6.38. The van der Waals surface area contributed by atoms with Crippen LogP contribution in [0, 0.1) is 5.92 Å². The monoisotopic (exact) mass is 290 g/mol. The molecular formula is C17H26N2O2. The lowest BCUT2D eigenvalue weighted by Gasteiger charge is -2.30. The lowest BCUT2D eigenvalue weighted by molar-refractivity contribution is -0.135. The van der Waals surface area contributed by atoms with Crippen LogP contribution < -0.4 is 10.1 Å². The summed E-state index contributed by atoms with van der Waals surface area (Å²) in [5.74, 6) is 1.30. The van der Waals surface area contributed by atoms with Gasteiger partial charge in [0, 0.05) is 25.6 Å². The van der Waals surface area contributed by atoms with Gasteiger partial charge in [0.15, 0.2) is 0 Å². The minimum absolute atomic E-state index is 0.161. The Balaban J connectivity index is 1.90. The van der Waals surface area contributed by atoms with Crippen LogP contribution in [0.15, 0.2) is 24.3 Å². The number of ether oxygens (including phenoxy) is 1. The van der Waals surface area contributed by atoms with E-state index in [2.05, 4.69) is 12.2 Å². The molecule has 116 valence electrons. The number of benzene rings is 1. The minimum atomic E-state index is 0.161. The topological polar surface area (TPSA) is 41.6 Å². The Morgan fingerprint density at radius 2 is 2.10 bits per heavy atom. The fourth-order valence-electron chi connectivity index (χ4n) is 2.88. The Bertz CT molecular complexity index is 458. The van der Waals surface area contributed by atoms with Gasteiger partial charge in [-0.1, -0.05) is 12.1 Å². The van der Waals surface area contributed by atoms with Gasteiger partial charge in [-0.05, 0) is 50.9 Å². The van der Waals surface area contributed by atoms with E-state index in [-0.39, 0.29) is 11.8 Å². The number of carbonyl (C=O) groups excluding carboxylic acids is 1. The third kappa shape index (κ3) is 4.46. The Morgan fingerprint density at radius 1 is 1.38 bits per heavy atom. The van der Waals surface area contributed by atoms with Crippen molar-refractivity contribution in [3.05, 3.63) is 29.8 Å². The Morgan fingerprint density at radius 3 is 2.71 bits per heavy atom. The average Bonchev–Trinajstić information content (AvgIpc) is 2.48. The molecule has 1 saturated heterocycles. The lowest BCUT2D eigenvalue weighted by atomic mass is 9.92. The molecule has 1 heterocycles. The van der Waals surface area contributed by atoms with Gasteiger partial charge < -0.3 is 15.0 Å². The molecule has 0 spiro atoms. The quantitative estimate of drug-likeness (QED) is 0.905. The van der Waals surface area contributed by atoms with E-state index in [1.165, 1.54) is 0 Å². The third-order valence-corrected chi connectivity index (χ3v) is 4.00. The highest BCUT2D eigenvalue weighted by Crippen LogP contribution is 2.20. The Hall–Kier alpha value is -1.55. The fourth-order valence-corrected chi connectivity index (χ4v) is 2.88. The van der Waals surface area contributed by atoms with Gasteiger partial charge in [-0.15, -0.1) is 0 Å². The maximum atomic E-state index is 12.5. The molecule has 0 saturated carbocycles. The van der Waals surface area contributed by atoms with Crippen molar-refractivity contribution in [2.75, 3.05) is 20.2 Å². The van der Waals surface area contributed by atoms with Crippen LogP contribution in [0.2, 0.25) is 0 Å². The molecule has 0 aromatic heterocycles. The second kappa shape index (κ2) is 7.46. The molecule has 4 heteroatoms. The number of hydrogen-bond donors (Lipinski definition) is 1. The first-order valence-electron chi connectivity index (χ1n) is 7.80. The highest BCUT2D eigenvalue weighted by atomic mass is 16.5. The molecule has 1 aliphatic rings. The highest BCUT2D eigenvalue weighted by molar-refractivity contribution is 5.78. The third-order valence-electron chi connectivity index (χ3n) is 4.00. The highest BCUT2D eigenvalue weighted by Gasteiger charge is 2.26. The summed E-state index contributed by atoms with van der Waals surface area (Å²) in [6.07, 6.45) is 1.88. The molecule has 1 amide bonds. The lowest BCUT2D eigenvalue weighted by Crippen LogP contribution is -2.42. The summed E-state index contributed by atoms with van der Waals surface area (Å²) in [6, 6.07) is 8.42. The van der Waals surface area contributed by atoms with E-state index in [0.29, 0.717) is 19.2 Å². The molecule has 0 radical (unpaired) electrons. The molecule has 21 heavy (non-hydrogen) atoms. The molecule has 2 rings (SSSR count). The van der Waals surface area contributed by atoms with Crippen molar-refractivity contribution in [3.63, 3.8) is 0 Å². The Labute approximate surface area is 127 Å². The predicted octanol–water partition coefficient (Wildman–Crippen LogP) is 2.43. The molecule has 2 atom stereocenters. The van der Waals surface area contributed by atoms with Crippen LogP contribution >= 0.6 is 0 Å². The van der Waals surface area contributed by atoms with Gasteiger partial charge >= 0.3 is 0 Å². The van der Waals surface area contributed by atoms with E-state index in [1.807, 2.05) is 43.1 Å². The largest absolute Gasteiger partial charge is 0.494 e. The molecular weight excluding hydrogens is 264 g/mol. The van der Waals surface area contributed by atoms with Crippen molar-refractivity contribution in [2.45, 2.75) is 39.3 Å². The van der Waals surface area contributed by atoms with Crippen molar-refractivity contribution < 1.29 is 9.53 Å². The van der Waals surface area contributed by atoms with E-state index < -0.39 is 0 Å². The van der Waals surface area contributed by atoms with Gasteiger partial charge in [0.25, 0.3) is 0 Å². The van der Waals surface area contributed by atoms with Gasteiger partial charge in [0.1, 0.15) is 5.75 Å². The number of carbonyl (C=O) groups is 1. The number of rotatable bonds is 5. The van der Waals surface area contributed by atoms with E-state index >= 15 is 0 Å². The summed E-state index contributed by atoms with van der Waals surface area (Å²) < 4.78 is 5.43. The molecule has 1 aromatic carbocycles. The molecule has 1 N–H and O–H groups in total. The number of amides is 1. The Kier molecular flexibility index (Phi) is 5.62. The summed E-state index contributed by atoms with van der Waals surface area (Å²) in [7, 11) is 1.89. The standard InChI is InChI=1S/C17H26N2O2/c1-4-21-16-7-5-14(6-8-16)12-19(3)17(20)15-9-10-18-13(2)11-15/h5-8,13,15,18H,4,9-12H2,1-3H3. The molecule has 2 unspecified atom stereocenters. The average molecular weight is 290 g/mol. The first-order chi connectivity index (χ1) is 10.1. The van der Waals surface area contributed by atoms with E-state index in [1.54, 1.807) is 0 Å². The summed E-state index contributed by atoms with van der Waals surface area (Å²) in [5, 5.41) is 3.39. The van der Waals surface area contributed by atoms with E-state index in [0.717, 1.165) is 30.7 Å². The second-order valence-electron chi connectivity index (χ2n) is 5.85. The van der Waals surface area contributed by atoms with Crippen LogP contribution in [0.5, 0.6) is 5.75 Å². The van der Waals surface area contributed by atoms with Crippen LogP contribution in [0.25, 0.3) is 0 Å². The van der Waals surface area contributed by atoms with Gasteiger partial charge in [0.05, 0.1) is 6.61 Å². The first-order valence-corrected chi connectivity index (χ1v) is 7.80. The first kappa shape index (κ1) is 15.8. The number of hydrogen-bond acceptors (Lipinski definition) is 3. The van der Waals surface area contributed by atoms with Gasteiger partial charge in [0.2, 0.25) is 5.91 Å². The zero-order valence-corrected chi connectivity index (χ0v) is 13.3. The van der Waals surface area contributed by atoms with E-state index in [4.69, 9.17) is 4.74 Å². The smallest absolute Gasteiger partial charge is 0.225 e. The molecule has 1 aliphatic heterocycles. The number of piperidine rings is 1. The van der Waals surface area contributed by atoms with Crippen molar-refractivity contribution in [1.29, 1.82) is 0 Å². The molecule has 0 bridgehead atoms. The molecule has 0 aliphatic carbocycles. The van der Waals surface area contributed by atoms with Gasteiger partial charge in [-0.25, -0.2) is 0 Å².